The fourth-order valence-electron chi connectivity index (χ4n) is 3.53. The molecule has 0 amide bonds. The van der Waals surface area contributed by atoms with Crippen molar-refractivity contribution in [2.75, 3.05) is 26.9 Å². The minimum atomic E-state index is -1.82. The van der Waals surface area contributed by atoms with Gasteiger partial charge in [-0.25, -0.2) is 4.79 Å². The zero-order chi connectivity index (χ0) is 17.2. The maximum atomic E-state index is 12.3. The minimum absolute atomic E-state index is 0.288. The summed E-state index contributed by atoms with van der Waals surface area (Å²) in [5.74, 6) is -1.84. The van der Waals surface area contributed by atoms with Crippen LogP contribution in [0.2, 0.25) is 0 Å². The Balaban J connectivity index is 1.81. The van der Waals surface area contributed by atoms with Crippen molar-refractivity contribution in [3.05, 3.63) is 35.9 Å². The first-order chi connectivity index (χ1) is 11.6. The molecule has 1 heterocycles. The lowest BCUT2D eigenvalue weighted by Gasteiger charge is -2.51. The molecule has 132 valence electrons. The molecule has 0 unspecified atom stereocenters. The molecule has 0 radical (unpaired) electrons. The molecule has 1 spiro atoms. The van der Waals surface area contributed by atoms with Crippen LogP contribution < -0.4 is 0 Å². The van der Waals surface area contributed by atoms with Crippen molar-refractivity contribution in [2.24, 2.45) is 0 Å². The van der Waals surface area contributed by atoms with Gasteiger partial charge in [-0.2, -0.15) is 0 Å². The van der Waals surface area contributed by atoms with Crippen LogP contribution in [0.25, 0.3) is 0 Å². The summed E-state index contributed by atoms with van der Waals surface area (Å²) < 4.78 is 22.1. The number of ether oxygens (including phenoxy) is 4. The first kappa shape index (κ1) is 17.3. The third kappa shape index (κ3) is 2.72. The van der Waals surface area contributed by atoms with Crippen molar-refractivity contribution in [2.45, 2.75) is 36.4 Å². The third-order valence-electron chi connectivity index (χ3n) is 4.74. The van der Waals surface area contributed by atoms with E-state index in [1.165, 1.54) is 7.11 Å². The van der Waals surface area contributed by atoms with Gasteiger partial charge in [-0.15, -0.1) is 0 Å². The fraction of sp³-hybridized carbons (Fsp3) is 0.588. The number of hydrogen-bond donors (Lipinski definition) is 2. The first-order valence-corrected chi connectivity index (χ1v) is 7.96. The van der Waals surface area contributed by atoms with Gasteiger partial charge in [0, 0.05) is 13.5 Å². The van der Waals surface area contributed by atoms with Crippen LogP contribution in [0.4, 0.5) is 0 Å². The maximum absolute atomic E-state index is 12.3. The summed E-state index contributed by atoms with van der Waals surface area (Å²) in [6.07, 6.45) is -1.02. The molecule has 2 aliphatic rings. The van der Waals surface area contributed by atoms with E-state index in [1.54, 1.807) is 30.3 Å². The van der Waals surface area contributed by atoms with Gasteiger partial charge in [-0.05, 0) is 18.6 Å². The molecule has 3 atom stereocenters. The van der Waals surface area contributed by atoms with Crippen LogP contribution in [0, 0.1) is 0 Å². The molecule has 0 aromatic heterocycles. The Labute approximate surface area is 140 Å². The number of benzene rings is 1. The summed E-state index contributed by atoms with van der Waals surface area (Å²) >= 11 is 0. The summed E-state index contributed by atoms with van der Waals surface area (Å²) in [5, 5.41) is 20.8. The second-order valence-corrected chi connectivity index (χ2v) is 6.04. The standard InChI is InChI=1S/C17H22O7/c1-21-14-13(24-15(19)12-5-3-2-4-6-12)7-8-17(16(14,20)11-18)22-9-10-23-17/h2-6,13-14,18,20H,7-11H2,1H3/t13-,14-,16-/m1/s1. The molecule has 1 saturated carbocycles. The second-order valence-electron chi connectivity index (χ2n) is 6.04. The van der Waals surface area contributed by atoms with E-state index in [-0.39, 0.29) is 6.42 Å². The molecule has 7 nitrogen and oxygen atoms in total. The van der Waals surface area contributed by atoms with E-state index >= 15 is 0 Å². The maximum Gasteiger partial charge on any atom is 0.338 e. The lowest BCUT2D eigenvalue weighted by Crippen LogP contribution is -2.70. The number of aliphatic hydroxyl groups excluding tert-OH is 1. The van der Waals surface area contributed by atoms with Crippen LogP contribution in [0.15, 0.2) is 30.3 Å². The summed E-state index contributed by atoms with van der Waals surface area (Å²) in [6, 6.07) is 8.58. The molecule has 1 aliphatic heterocycles. The molecule has 2 N–H and O–H groups in total. The Hall–Kier alpha value is -1.51. The van der Waals surface area contributed by atoms with E-state index in [0.29, 0.717) is 25.2 Å². The number of aliphatic hydroxyl groups is 2. The van der Waals surface area contributed by atoms with Gasteiger partial charge >= 0.3 is 5.97 Å². The molecule has 3 rings (SSSR count). The molecule has 0 bridgehead atoms. The quantitative estimate of drug-likeness (QED) is 0.772. The van der Waals surface area contributed by atoms with E-state index in [4.69, 9.17) is 18.9 Å². The highest BCUT2D eigenvalue weighted by Crippen LogP contribution is 2.45. The fourth-order valence-corrected chi connectivity index (χ4v) is 3.53. The molecule has 1 aromatic carbocycles. The van der Waals surface area contributed by atoms with Gasteiger partial charge in [0.25, 0.3) is 0 Å². The van der Waals surface area contributed by atoms with Crippen molar-refractivity contribution in [1.29, 1.82) is 0 Å². The van der Waals surface area contributed by atoms with Gasteiger partial charge < -0.3 is 29.2 Å². The summed E-state index contributed by atoms with van der Waals surface area (Å²) in [6.45, 7) is 0.0192. The van der Waals surface area contributed by atoms with Crippen LogP contribution in [0.5, 0.6) is 0 Å². The summed E-state index contributed by atoms with van der Waals surface area (Å²) in [5.41, 5.74) is -1.41. The second kappa shape index (κ2) is 6.78. The summed E-state index contributed by atoms with van der Waals surface area (Å²) in [4.78, 5) is 12.3. The van der Waals surface area contributed by atoms with Crippen LogP contribution in [0.3, 0.4) is 0 Å². The van der Waals surface area contributed by atoms with Crippen LogP contribution in [0.1, 0.15) is 23.2 Å². The largest absolute Gasteiger partial charge is 0.456 e. The van der Waals surface area contributed by atoms with E-state index < -0.39 is 36.2 Å². The third-order valence-corrected chi connectivity index (χ3v) is 4.74. The number of hydrogen-bond acceptors (Lipinski definition) is 7. The Morgan fingerprint density at radius 1 is 1.29 bits per heavy atom. The monoisotopic (exact) mass is 338 g/mol. The Kier molecular flexibility index (Phi) is 4.89. The molecule has 2 fully saturated rings. The Morgan fingerprint density at radius 2 is 1.96 bits per heavy atom. The zero-order valence-electron chi connectivity index (χ0n) is 13.5. The van der Waals surface area contributed by atoms with E-state index in [1.807, 2.05) is 0 Å². The Morgan fingerprint density at radius 3 is 2.54 bits per heavy atom. The topological polar surface area (TPSA) is 94.5 Å². The molecule has 1 aromatic rings. The smallest absolute Gasteiger partial charge is 0.338 e. The van der Waals surface area contributed by atoms with Crippen LogP contribution >= 0.6 is 0 Å². The molecular weight excluding hydrogens is 316 g/mol. The number of carbonyl (C=O) groups is 1. The SMILES string of the molecule is CO[C@@H]1[C@H](OC(=O)c2ccccc2)CCC2(OCCO2)[C@@]1(O)CO. The highest BCUT2D eigenvalue weighted by atomic mass is 16.8. The number of carbonyl (C=O) groups excluding carboxylic acids is 1. The average Bonchev–Trinajstić information content (AvgIpc) is 3.09. The predicted molar refractivity (Wildman–Crippen MR) is 82.3 cm³/mol. The lowest BCUT2D eigenvalue weighted by molar-refractivity contribution is -0.338. The minimum Gasteiger partial charge on any atom is -0.456 e. The Bertz CT molecular complexity index is 570. The summed E-state index contributed by atoms with van der Waals surface area (Å²) in [7, 11) is 1.39. The highest BCUT2D eigenvalue weighted by Gasteiger charge is 2.64. The molecule has 1 saturated heterocycles. The normalized spacial score (nSPS) is 32.0. The van der Waals surface area contributed by atoms with E-state index in [9.17, 15) is 15.0 Å². The number of rotatable bonds is 4. The van der Waals surface area contributed by atoms with Gasteiger partial charge in [0.1, 0.15) is 12.2 Å². The van der Waals surface area contributed by atoms with Crippen molar-refractivity contribution in [1.82, 2.24) is 0 Å². The van der Waals surface area contributed by atoms with Gasteiger partial charge in [-0.1, -0.05) is 18.2 Å². The average molecular weight is 338 g/mol. The van der Waals surface area contributed by atoms with Gasteiger partial charge in [0.05, 0.1) is 25.4 Å². The van der Waals surface area contributed by atoms with E-state index in [0.717, 1.165) is 0 Å². The molecule has 1 aliphatic carbocycles. The van der Waals surface area contributed by atoms with Gasteiger partial charge in [-0.3, -0.25) is 0 Å². The van der Waals surface area contributed by atoms with Crippen molar-refractivity contribution in [3.63, 3.8) is 0 Å². The first-order valence-electron chi connectivity index (χ1n) is 7.96. The molecule has 7 heteroatoms. The van der Waals surface area contributed by atoms with Gasteiger partial charge in [0.15, 0.2) is 5.60 Å². The lowest BCUT2D eigenvalue weighted by atomic mass is 9.75. The number of methoxy groups -OCH3 is 1. The zero-order valence-corrected chi connectivity index (χ0v) is 13.5. The highest BCUT2D eigenvalue weighted by molar-refractivity contribution is 5.89. The van der Waals surface area contributed by atoms with Gasteiger partial charge in [0.2, 0.25) is 5.79 Å². The van der Waals surface area contributed by atoms with Crippen molar-refractivity contribution in [3.8, 4) is 0 Å². The van der Waals surface area contributed by atoms with Crippen LogP contribution in [-0.4, -0.2) is 66.7 Å². The number of esters is 1. The van der Waals surface area contributed by atoms with Crippen molar-refractivity contribution < 1.29 is 34.0 Å². The van der Waals surface area contributed by atoms with Crippen molar-refractivity contribution >= 4 is 5.97 Å². The van der Waals surface area contributed by atoms with Crippen LogP contribution in [-0.2, 0) is 18.9 Å². The molecular formula is C17H22O7. The van der Waals surface area contributed by atoms with E-state index in [2.05, 4.69) is 0 Å². The molecule has 24 heavy (non-hydrogen) atoms. The predicted octanol–water partition coefficient (Wildman–Crippen LogP) is 0.487.